The molecule has 0 saturated carbocycles. The first kappa shape index (κ1) is 9.92. The first-order valence-electron chi connectivity index (χ1n) is 3.46. The maximum Gasteiger partial charge on any atom is 0.250 e. The van der Waals surface area contributed by atoms with Crippen LogP contribution >= 0.6 is 11.6 Å². The summed E-state index contributed by atoms with van der Waals surface area (Å²) in [5, 5.41) is -0.00852. The minimum Gasteiger partial charge on any atom is -0.479 e. The number of pyridine rings is 1. The van der Waals surface area contributed by atoms with Crippen molar-refractivity contribution >= 4 is 17.4 Å². The van der Waals surface area contributed by atoms with E-state index >= 15 is 0 Å². The predicted molar refractivity (Wildman–Crippen MR) is 45.8 cm³/mol. The van der Waals surface area contributed by atoms with Crippen LogP contribution in [0.5, 0.6) is 5.88 Å². The van der Waals surface area contributed by atoms with Gasteiger partial charge in [0.25, 0.3) is 5.88 Å². The number of Topliss-reactive ketones (excluding diaryl/α,β-unsaturated/α-hetero) is 1. The lowest BCUT2D eigenvalue weighted by Crippen LogP contribution is -2.02. The molecular formula is C8H7ClFNO2. The Morgan fingerprint density at radius 1 is 1.69 bits per heavy atom. The van der Waals surface area contributed by atoms with Crippen molar-refractivity contribution in [2.45, 2.75) is 6.92 Å². The van der Waals surface area contributed by atoms with E-state index < -0.39 is 11.6 Å². The number of aromatic nitrogens is 1. The molecule has 0 radical (unpaired) electrons. The van der Waals surface area contributed by atoms with Gasteiger partial charge in [-0.3, -0.25) is 4.79 Å². The topological polar surface area (TPSA) is 39.2 Å². The van der Waals surface area contributed by atoms with E-state index in [0.717, 1.165) is 0 Å². The number of hydrogen-bond donors (Lipinski definition) is 0. The van der Waals surface area contributed by atoms with Gasteiger partial charge in [-0.25, -0.2) is 9.37 Å². The normalized spacial score (nSPS) is 9.85. The molecule has 13 heavy (non-hydrogen) atoms. The van der Waals surface area contributed by atoms with Crippen LogP contribution in [0.25, 0.3) is 0 Å². The molecule has 1 aromatic heterocycles. The maximum atomic E-state index is 13.3. The number of carbonyl (C=O) groups is 1. The van der Waals surface area contributed by atoms with Crippen molar-refractivity contribution in [3.05, 3.63) is 22.6 Å². The number of ether oxygens (including phenoxy) is 1. The van der Waals surface area contributed by atoms with Crippen molar-refractivity contribution in [2.24, 2.45) is 0 Å². The monoisotopic (exact) mass is 203 g/mol. The second-order valence-corrected chi connectivity index (χ2v) is 2.77. The van der Waals surface area contributed by atoms with Crippen molar-refractivity contribution in [3.8, 4) is 5.88 Å². The molecule has 1 rings (SSSR count). The minimum atomic E-state index is -0.817. The second kappa shape index (κ2) is 3.70. The molecule has 0 N–H and O–H groups in total. The highest BCUT2D eigenvalue weighted by Gasteiger charge is 2.17. The van der Waals surface area contributed by atoms with E-state index in [-0.39, 0.29) is 16.5 Å². The number of ketones is 1. The Morgan fingerprint density at radius 2 is 2.31 bits per heavy atom. The van der Waals surface area contributed by atoms with E-state index in [1.54, 1.807) is 0 Å². The van der Waals surface area contributed by atoms with Crippen LogP contribution in [-0.4, -0.2) is 17.9 Å². The Labute approximate surface area is 79.5 Å². The summed E-state index contributed by atoms with van der Waals surface area (Å²) in [6.45, 7) is 1.23. The van der Waals surface area contributed by atoms with Gasteiger partial charge in [-0.2, -0.15) is 0 Å². The molecule has 0 atom stereocenters. The molecule has 0 amide bonds. The highest BCUT2D eigenvalue weighted by molar-refractivity contribution is 6.33. The van der Waals surface area contributed by atoms with Crippen LogP contribution in [0.4, 0.5) is 4.39 Å². The number of rotatable bonds is 2. The van der Waals surface area contributed by atoms with Crippen molar-refractivity contribution in [1.29, 1.82) is 0 Å². The zero-order valence-corrected chi connectivity index (χ0v) is 7.85. The molecule has 0 aliphatic rings. The van der Waals surface area contributed by atoms with Gasteiger partial charge in [-0.15, -0.1) is 0 Å². The quantitative estimate of drug-likeness (QED) is 0.691. The van der Waals surface area contributed by atoms with E-state index in [9.17, 15) is 9.18 Å². The summed E-state index contributed by atoms with van der Waals surface area (Å²) >= 11 is 5.57. The van der Waals surface area contributed by atoms with E-state index in [0.29, 0.717) is 0 Å². The zero-order valence-electron chi connectivity index (χ0n) is 7.10. The van der Waals surface area contributed by atoms with Gasteiger partial charge in [0.05, 0.1) is 23.9 Å². The molecule has 70 valence electrons. The summed E-state index contributed by atoms with van der Waals surface area (Å²) in [6, 6.07) is 0. The summed E-state index contributed by atoms with van der Waals surface area (Å²) in [7, 11) is 1.27. The van der Waals surface area contributed by atoms with E-state index in [1.807, 2.05) is 0 Å². The summed E-state index contributed by atoms with van der Waals surface area (Å²) < 4.78 is 17.9. The second-order valence-electron chi connectivity index (χ2n) is 2.36. The van der Waals surface area contributed by atoms with Gasteiger partial charge >= 0.3 is 0 Å². The van der Waals surface area contributed by atoms with Crippen molar-refractivity contribution in [1.82, 2.24) is 4.98 Å². The number of hydrogen-bond acceptors (Lipinski definition) is 3. The Kier molecular flexibility index (Phi) is 2.83. The van der Waals surface area contributed by atoms with Crippen molar-refractivity contribution in [3.63, 3.8) is 0 Å². The summed E-state index contributed by atoms with van der Waals surface area (Å²) in [5.41, 5.74) is -0.187. The van der Waals surface area contributed by atoms with Gasteiger partial charge in [-0.1, -0.05) is 11.6 Å². The van der Waals surface area contributed by atoms with Gasteiger partial charge in [0.2, 0.25) is 0 Å². The minimum absolute atomic E-state index is 0.00852. The smallest absolute Gasteiger partial charge is 0.250 e. The molecule has 3 nitrogen and oxygen atoms in total. The number of carbonyl (C=O) groups excluding carboxylic acids is 1. The largest absolute Gasteiger partial charge is 0.479 e. The molecule has 0 fully saturated rings. The number of halogens is 2. The Morgan fingerprint density at radius 3 is 2.77 bits per heavy atom. The number of nitrogens with zero attached hydrogens (tertiary/aromatic N) is 1. The van der Waals surface area contributed by atoms with Crippen LogP contribution < -0.4 is 4.74 Å². The van der Waals surface area contributed by atoms with Gasteiger partial charge in [-0.05, 0) is 6.92 Å². The molecule has 0 unspecified atom stereocenters. The molecule has 0 aliphatic carbocycles. The predicted octanol–water partition coefficient (Wildman–Crippen LogP) is 2.09. The van der Waals surface area contributed by atoms with Crippen LogP contribution in [0.1, 0.15) is 17.3 Å². The molecule has 0 aliphatic heterocycles. The lowest BCUT2D eigenvalue weighted by atomic mass is 10.2. The Bertz CT molecular complexity index is 354. The fraction of sp³-hybridized carbons (Fsp3) is 0.250. The standard InChI is InChI=1S/C8H7ClFNO2/c1-4(12)6-5(9)3-11-8(13-2)7(6)10/h3H,1-2H3. The van der Waals surface area contributed by atoms with Crippen LogP contribution in [0.15, 0.2) is 6.20 Å². The molecule has 0 spiro atoms. The first-order chi connectivity index (χ1) is 6.07. The lowest BCUT2D eigenvalue weighted by molar-refractivity contribution is 0.101. The number of methoxy groups -OCH3 is 1. The highest BCUT2D eigenvalue weighted by Crippen LogP contribution is 2.24. The molecule has 0 aromatic carbocycles. The third-order valence-corrected chi connectivity index (χ3v) is 1.77. The van der Waals surface area contributed by atoms with E-state index in [4.69, 9.17) is 11.6 Å². The first-order valence-corrected chi connectivity index (χ1v) is 3.84. The molecule has 1 aromatic rings. The molecule has 0 saturated heterocycles. The van der Waals surface area contributed by atoms with Crippen LogP contribution in [0, 0.1) is 5.82 Å². The van der Waals surface area contributed by atoms with Gasteiger partial charge in [0, 0.05) is 0 Å². The van der Waals surface area contributed by atoms with E-state index in [1.165, 1.54) is 20.2 Å². The molecule has 1 heterocycles. The van der Waals surface area contributed by atoms with Crippen LogP contribution in [0.2, 0.25) is 5.02 Å². The molecule has 0 bridgehead atoms. The average molecular weight is 204 g/mol. The SMILES string of the molecule is COc1ncc(Cl)c(C(C)=O)c1F. The summed E-state index contributed by atoms with van der Waals surface area (Å²) in [6.07, 6.45) is 1.18. The lowest BCUT2D eigenvalue weighted by Gasteiger charge is -2.04. The Hall–Kier alpha value is -1.16. The van der Waals surface area contributed by atoms with Gasteiger partial charge in [0.15, 0.2) is 11.6 Å². The van der Waals surface area contributed by atoms with Gasteiger partial charge < -0.3 is 4.74 Å². The van der Waals surface area contributed by atoms with Gasteiger partial charge in [0.1, 0.15) is 0 Å². The molecule has 5 heteroatoms. The average Bonchev–Trinajstić information content (AvgIpc) is 2.04. The van der Waals surface area contributed by atoms with Crippen LogP contribution in [0.3, 0.4) is 0 Å². The highest BCUT2D eigenvalue weighted by atomic mass is 35.5. The third kappa shape index (κ3) is 1.78. The Balaban J connectivity index is 3.38. The van der Waals surface area contributed by atoms with E-state index in [2.05, 4.69) is 9.72 Å². The third-order valence-electron chi connectivity index (χ3n) is 1.49. The fourth-order valence-corrected chi connectivity index (χ4v) is 1.18. The van der Waals surface area contributed by atoms with Crippen molar-refractivity contribution in [2.75, 3.05) is 7.11 Å². The van der Waals surface area contributed by atoms with Crippen molar-refractivity contribution < 1.29 is 13.9 Å². The molecular weight excluding hydrogens is 197 g/mol. The fourth-order valence-electron chi connectivity index (χ4n) is 0.913. The van der Waals surface area contributed by atoms with Crippen LogP contribution in [-0.2, 0) is 0 Å². The zero-order chi connectivity index (χ0) is 10.0. The summed E-state index contributed by atoms with van der Waals surface area (Å²) in [4.78, 5) is 14.5. The maximum absolute atomic E-state index is 13.3. The summed E-state index contributed by atoms with van der Waals surface area (Å²) in [5.74, 6) is -1.50.